The number of fused-ring (bicyclic) bond motifs is 1. The molecule has 1 unspecified atom stereocenters. The first kappa shape index (κ1) is 26.2. The van der Waals surface area contributed by atoms with Gasteiger partial charge in [0.1, 0.15) is 18.0 Å². The van der Waals surface area contributed by atoms with Crippen LogP contribution in [-0.4, -0.2) is 36.2 Å². The molecular formula is C32H36ClNO2. The van der Waals surface area contributed by atoms with E-state index in [9.17, 15) is 5.11 Å². The monoisotopic (exact) mass is 501 g/mol. The molecule has 1 N–H and O–H groups in total. The van der Waals surface area contributed by atoms with Crippen molar-refractivity contribution in [2.45, 2.75) is 39.2 Å². The molecule has 0 aromatic heterocycles. The molecule has 0 saturated heterocycles. The highest BCUT2D eigenvalue weighted by Crippen LogP contribution is 2.37. The third kappa shape index (κ3) is 6.28. The lowest BCUT2D eigenvalue weighted by Gasteiger charge is -2.30. The average Bonchev–Trinajstić information content (AvgIpc) is 2.90. The number of nitrogens with zero attached hydrogens (tertiary/aromatic N) is 1. The minimum atomic E-state index is -1.14. The van der Waals surface area contributed by atoms with Crippen LogP contribution in [0.15, 0.2) is 84.9 Å². The predicted molar refractivity (Wildman–Crippen MR) is 151 cm³/mol. The first-order valence-electron chi connectivity index (χ1n) is 12.8. The molecule has 0 bridgehead atoms. The molecule has 188 valence electrons. The summed E-state index contributed by atoms with van der Waals surface area (Å²) in [4.78, 5) is 2.34. The van der Waals surface area contributed by atoms with Gasteiger partial charge >= 0.3 is 0 Å². The van der Waals surface area contributed by atoms with Crippen molar-refractivity contribution in [3.63, 3.8) is 0 Å². The Kier molecular flexibility index (Phi) is 8.68. The van der Waals surface area contributed by atoms with Crippen molar-refractivity contribution < 1.29 is 9.84 Å². The zero-order valence-electron chi connectivity index (χ0n) is 21.5. The molecule has 4 aromatic rings. The van der Waals surface area contributed by atoms with Crippen molar-refractivity contribution in [2.24, 2.45) is 0 Å². The molecule has 0 aliphatic heterocycles. The SMILES string of the molecule is CCN(CC)CCOc1ccc(C(O)(CCc2ccc(Cl)cc2)c2ccc3cc(C)ccc3c2)cc1. The molecule has 0 aliphatic rings. The van der Waals surface area contributed by atoms with E-state index in [0.717, 1.165) is 58.9 Å². The summed E-state index contributed by atoms with van der Waals surface area (Å²) >= 11 is 6.08. The van der Waals surface area contributed by atoms with Gasteiger partial charge in [-0.2, -0.15) is 0 Å². The zero-order valence-corrected chi connectivity index (χ0v) is 22.3. The van der Waals surface area contributed by atoms with E-state index in [1.165, 1.54) is 10.9 Å². The molecular weight excluding hydrogens is 466 g/mol. The summed E-state index contributed by atoms with van der Waals surface area (Å²) in [5.74, 6) is 0.819. The highest BCUT2D eigenvalue weighted by Gasteiger charge is 2.31. The number of rotatable bonds is 11. The van der Waals surface area contributed by atoms with Gasteiger partial charge in [-0.05, 0) is 90.6 Å². The molecule has 1 atom stereocenters. The summed E-state index contributed by atoms with van der Waals surface area (Å²) in [5.41, 5.74) is 2.98. The van der Waals surface area contributed by atoms with Gasteiger partial charge < -0.3 is 14.7 Å². The van der Waals surface area contributed by atoms with E-state index in [-0.39, 0.29) is 0 Å². The van der Waals surface area contributed by atoms with Crippen molar-refractivity contribution in [3.8, 4) is 5.75 Å². The first-order chi connectivity index (χ1) is 17.4. The van der Waals surface area contributed by atoms with E-state index in [2.05, 4.69) is 62.1 Å². The maximum absolute atomic E-state index is 12.2. The minimum Gasteiger partial charge on any atom is -0.492 e. The third-order valence-electron chi connectivity index (χ3n) is 7.06. The molecule has 36 heavy (non-hydrogen) atoms. The van der Waals surface area contributed by atoms with E-state index in [0.29, 0.717) is 13.0 Å². The van der Waals surface area contributed by atoms with Gasteiger partial charge in [0.2, 0.25) is 0 Å². The maximum Gasteiger partial charge on any atom is 0.119 e. The second-order valence-electron chi connectivity index (χ2n) is 9.45. The molecule has 0 spiro atoms. The van der Waals surface area contributed by atoms with Crippen LogP contribution in [0.25, 0.3) is 10.8 Å². The second-order valence-corrected chi connectivity index (χ2v) is 9.89. The van der Waals surface area contributed by atoms with Crippen LogP contribution < -0.4 is 4.74 Å². The fourth-order valence-electron chi connectivity index (χ4n) is 4.71. The Morgan fingerprint density at radius 1 is 0.806 bits per heavy atom. The van der Waals surface area contributed by atoms with E-state index >= 15 is 0 Å². The standard InChI is InChI=1S/C32H36ClNO2/c1-4-34(5-2)20-21-36-31-16-12-28(13-17-31)32(35,19-18-25-7-14-30(33)15-8-25)29-11-10-26-22-24(3)6-9-27(26)23-29/h6-17,22-23,35H,4-5,18-21H2,1-3H3. The summed E-state index contributed by atoms with van der Waals surface area (Å²) in [7, 11) is 0. The summed E-state index contributed by atoms with van der Waals surface area (Å²) < 4.78 is 5.99. The van der Waals surface area contributed by atoms with Crippen molar-refractivity contribution >= 4 is 22.4 Å². The van der Waals surface area contributed by atoms with Crippen LogP contribution in [0.5, 0.6) is 5.75 Å². The lowest BCUT2D eigenvalue weighted by molar-refractivity contribution is 0.0714. The highest BCUT2D eigenvalue weighted by atomic mass is 35.5. The van der Waals surface area contributed by atoms with Crippen LogP contribution in [0.4, 0.5) is 0 Å². The number of halogens is 1. The fourth-order valence-corrected chi connectivity index (χ4v) is 4.84. The average molecular weight is 502 g/mol. The van der Waals surface area contributed by atoms with Crippen LogP contribution in [0.2, 0.25) is 5.02 Å². The molecule has 0 saturated carbocycles. The van der Waals surface area contributed by atoms with Gasteiger partial charge in [-0.25, -0.2) is 0 Å². The van der Waals surface area contributed by atoms with Gasteiger partial charge in [0, 0.05) is 11.6 Å². The molecule has 0 radical (unpaired) electrons. The Morgan fingerprint density at radius 2 is 1.44 bits per heavy atom. The van der Waals surface area contributed by atoms with E-state index in [1.54, 1.807) is 0 Å². The lowest BCUT2D eigenvalue weighted by atomic mass is 9.81. The minimum absolute atomic E-state index is 0.550. The smallest absolute Gasteiger partial charge is 0.119 e. The predicted octanol–water partition coefficient (Wildman–Crippen LogP) is 7.39. The second kappa shape index (κ2) is 11.9. The third-order valence-corrected chi connectivity index (χ3v) is 7.32. The molecule has 4 rings (SSSR count). The molecule has 4 aromatic carbocycles. The van der Waals surface area contributed by atoms with Crippen LogP contribution >= 0.6 is 11.6 Å². The molecule has 0 fully saturated rings. The number of hydrogen-bond acceptors (Lipinski definition) is 3. The Balaban J connectivity index is 1.61. The fraction of sp³-hybridized carbons (Fsp3) is 0.312. The normalized spacial score (nSPS) is 13.2. The van der Waals surface area contributed by atoms with Crippen molar-refractivity contribution in [3.05, 3.63) is 112 Å². The van der Waals surface area contributed by atoms with Crippen molar-refractivity contribution in [2.75, 3.05) is 26.2 Å². The first-order valence-corrected chi connectivity index (χ1v) is 13.2. The van der Waals surface area contributed by atoms with Gasteiger partial charge in [0.15, 0.2) is 0 Å². The Labute approximate surface area is 220 Å². The number of aryl methyl sites for hydroxylation is 2. The number of hydrogen-bond donors (Lipinski definition) is 1. The quantitative estimate of drug-likeness (QED) is 0.232. The largest absolute Gasteiger partial charge is 0.492 e. The summed E-state index contributed by atoms with van der Waals surface area (Å²) in [5, 5.41) is 15.2. The van der Waals surface area contributed by atoms with Crippen LogP contribution in [-0.2, 0) is 12.0 Å². The van der Waals surface area contributed by atoms with E-state index in [4.69, 9.17) is 16.3 Å². The Bertz CT molecular complexity index is 1270. The molecule has 4 heteroatoms. The van der Waals surface area contributed by atoms with E-state index < -0.39 is 5.60 Å². The summed E-state index contributed by atoms with van der Waals surface area (Å²) in [6.07, 6.45) is 1.27. The van der Waals surface area contributed by atoms with Crippen LogP contribution in [0, 0.1) is 6.92 Å². The number of aliphatic hydroxyl groups is 1. The number of likely N-dealkylation sites (N-methyl/N-ethyl adjacent to an activating group) is 1. The number of ether oxygens (including phenoxy) is 1. The highest BCUT2D eigenvalue weighted by molar-refractivity contribution is 6.30. The van der Waals surface area contributed by atoms with Gasteiger partial charge in [-0.3, -0.25) is 0 Å². The summed E-state index contributed by atoms with van der Waals surface area (Å²) in [6.45, 7) is 10.0. The Hall–Kier alpha value is -2.85. The van der Waals surface area contributed by atoms with Gasteiger partial charge in [-0.15, -0.1) is 0 Å². The van der Waals surface area contributed by atoms with Crippen molar-refractivity contribution in [1.82, 2.24) is 4.90 Å². The van der Waals surface area contributed by atoms with Gasteiger partial charge in [-0.1, -0.05) is 85.6 Å². The topological polar surface area (TPSA) is 32.7 Å². The molecule has 3 nitrogen and oxygen atoms in total. The maximum atomic E-state index is 12.2. The van der Waals surface area contributed by atoms with Crippen LogP contribution in [0.1, 0.15) is 42.5 Å². The Morgan fingerprint density at radius 3 is 2.14 bits per heavy atom. The molecule has 0 heterocycles. The van der Waals surface area contributed by atoms with Gasteiger partial charge in [0.25, 0.3) is 0 Å². The van der Waals surface area contributed by atoms with Crippen molar-refractivity contribution in [1.29, 1.82) is 0 Å². The van der Waals surface area contributed by atoms with Gasteiger partial charge in [0.05, 0.1) is 0 Å². The van der Waals surface area contributed by atoms with Crippen LogP contribution in [0.3, 0.4) is 0 Å². The molecule has 0 amide bonds. The molecule has 0 aliphatic carbocycles. The zero-order chi connectivity index (χ0) is 25.5. The number of benzene rings is 4. The summed E-state index contributed by atoms with van der Waals surface area (Å²) in [6, 6.07) is 28.5. The van der Waals surface area contributed by atoms with E-state index in [1.807, 2.05) is 48.5 Å². The lowest BCUT2D eigenvalue weighted by Crippen LogP contribution is -2.28.